The second-order valence-electron chi connectivity index (χ2n) is 8.16. The Bertz CT molecular complexity index is 725. The molecule has 10 heteroatoms. The van der Waals surface area contributed by atoms with Gasteiger partial charge in [0.25, 0.3) is 0 Å². The number of nitrogens with one attached hydrogen (secondary N) is 1. The lowest BCUT2D eigenvalue weighted by Gasteiger charge is -2.46. The third-order valence-electron chi connectivity index (χ3n) is 5.83. The lowest BCUT2D eigenvalue weighted by molar-refractivity contribution is -0.163. The van der Waals surface area contributed by atoms with Crippen LogP contribution < -0.4 is 5.32 Å². The molecule has 2 fully saturated rings. The number of fused-ring (bicyclic) bond motifs is 1. The van der Waals surface area contributed by atoms with Crippen LogP contribution in [-0.4, -0.2) is 95.1 Å². The Kier molecular flexibility index (Phi) is 6.57. The molecule has 3 N–H and O–H groups in total. The van der Waals surface area contributed by atoms with Gasteiger partial charge in [-0.3, -0.25) is 9.59 Å². The summed E-state index contributed by atoms with van der Waals surface area (Å²) in [6, 6.07) is -0.196. The largest absolute Gasteiger partial charge is 0.477 e. The normalized spacial score (nSPS) is 32.2. The number of carbonyl (C=O) groups excluding carboxylic acids is 2. The van der Waals surface area contributed by atoms with Crippen LogP contribution >= 0.6 is 11.8 Å². The fraction of sp³-hybridized carbons (Fsp3) is 0.737. The molecule has 0 radical (unpaired) electrons. The van der Waals surface area contributed by atoms with E-state index in [0.29, 0.717) is 18.1 Å². The number of rotatable bonds is 8. The summed E-state index contributed by atoms with van der Waals surface area (Å²) in [6.45, 7) is 4.64. The molecule has 0 aliphatic carbocycles. The minimum absolute atomic E-state index is 0.0355. The zero-order chi connectivity index (χ0) is 21.5. The van der Waals surface area contributed by atoms with Gasteiger partial charge in [-0.25, -0.2) is 4.79 Å². The molecular weight excluding hydrogens is 398 g/mol. The first-order valence-electron chi connectivity index (χ1n) is 9.80. The van der Waals surface area contributed by atoms with Gasteiger partial charge in [0, 0.05) is 42.8 Å². The first-order valence-corrected chi connectivity index (χ1v) is 10.7. The van der Waals surface area contributed by atoms with Gasteiger partial charge in [0.15, 0.2) is 0 Å². The van der Waals surface area contributed by atoms with Crippen molar-refractivity contribution in [3.05, 3.63) is 10.6 Å². The number of ether oxygens (including phenoxy) is 1. The third kappa shape index (κ3) is 4.16. The molecule has 3 aliphatic heterocycles. The first kappa shape index (κ1) is 22.1. The molecule has 9 nitrogen and oxygen atoms in total. The maximum Gasteiger partial charge on any atom is 0.353 e. The van der Waals surface area contributed by atoms with Crippen molar-refractivity contribution >= 4 is 29.5 Å². The monoisotopic (exact) mass is 427 g/mol. The highest BCUT2D eigenvalue weighted by atomic mass is 32.2. The number of aliphatic hydroxyl groups excluding tert-OH is 1. The predicted molar refractivity (Wildman–Crippen MR) is 107 cm³/mol. The Hall–Kier alpha value is -1.62. The maximum atomic E-state index is 12.4. The molecule has 0 unspecified atom stereocenters. The molecule has 29 heavy (non-hydrogen) atoms. The molecule has 6 atom stereocenters. The van der Waals surface area contributed by atoms with E-state index in [0.717, 1.165) is 6.42 Å². The third-order valence-corrected chi connectivity index (χ3v) is 7.34. The number of hydrogen-bond donors (Lipinski definition) is 3. The summed E-state index contributed by atoms with van der Waals surface area (Å²) >= 11 is 1.50. The summed E-state index contributed by atoms with van der Waals surface area (Å²) in [4.78, 5) is 39.4. The van der Waals surface area contributed by atoms with Crippen molar-refractivity contribution in [3.8, 4) is 0 Å². The number of β-lactam (4-membered cyclic amide) rings is 1. The molecule has 0 saturated carbocycles. The lowest BCUT2D eigenvalue weighted by Crippen LogP contribution is -2.63. The second-order valence-corrected chi connectivity index (χ2v) is 9.50. The van der Waals surface area contributed by atoms with E-state index in [9.17, 15) is 24.6 Å². The Labute approximate surface area is 174 Å². The Balaban J connectivity index is 1.61. The van der Waals surface area contributed by atoms with Gasteiger partial charge in [0.1, 0.15) is 12.3 Å². The number of nitrogens with zero attached hydrogens (tertiary/aromatic N) is 2. The Morgan fingerprint density at radius 1 is 1.41 bits per heavy atom. The number of carbonyl (C=O) groups is 3. The average Bonchev–Trinajstić information content (AvgIpc) is 3.16. The van der Waals surface area contributed by atoms with E-state index in [1.54, 1.807) is 21.0 Å². The van der Waals surface area contributed by atoms with Gasteiger partial charge in [-0.15, -0.1) is 11.8 Å². The van der Waals surface area contributed by atoms with Crippen LogP contribution in [0.3, 0.4) is 0 Å². The molecule has 0 aromatic heterocycles. The fourth-order valence-electron chi connectivity index (χ4n) is 4.27. The van der Waals surface area contributed by atoms with Gasteiger partial charge in [0.05, 0.1) is 24.7 Å². The fourth-order valence-corrected chi connectivity index (χ4v) is 5.79. The Morgan fingerprint density at radius 3 is 2.69 bits per heavy atom. The van der Waals surface area contributed by atoms with Crippen molar-refractivity contribution in [2.24, 2.45) is 11.8 Å². The van der Waals surface area contributed by atoms with Crippen LogP contribution in [-0.2, 0) is 19.1 Å². The lowest BCUT2D eigenvalue weighted by atomic mass is 9.79. The summed E-state index contributed by atoms with van der Waals surface area (Å²) in [7, 11) is 3.36. The van der Waals surface area contributed by atoms with Crippen molar-refractivity contribution < 1.29 is 29.3 Å². The van der Waals surface area contributed by atoms with Crippen molar-refractivity contribution in [2.75, 3.05) is 33.9 Å². The smallest absolute Gasteiger partial charge is 0.353 e. The molecular formula is C19H29N3O6S. The predicted octanol–water partition coefficient (Wildman–Crippen LogP) is -0.291. The second kappa shape index (κ2) is 8.63. The molecule has 0 aromatic rings. The zero-order valence-corrected chi connectivity index (χ0v) is 17.9. The van der Waals surface area contributed by atoms with Gasteiger partial charge in [-0.1, -0.05) is 6.92 Å². The van der Waals surface area contributed by atoms with Crippen molar-refractivity contribution in [1.29, 1.82) is 0 Å². The summed E-state index contributed by atoms with van der Waals surface area (Å²) < 4.78 is 5.49. The molecule has 2 saturated heterocycles. The molecule has 2 amide bonds. The van der Waals surface area contributed by atoms with Gasteiger partial charge in [0.2, 0.25) is 11.8 Å². The highest BCUT2D eigenvalue weighted by molar-refractivity contribution is 8.03. The van der Waals surface area contributed by atoms with E-state index in [1.807, 2.05) is 6.92 Å². The molecule has 3 rings (SSSR count). The number of carboxylic acids is 1. The summed E-state index contributed by atoms with van der Waals surface area (Å²) in [5.74, 6) is -2.18. The van der Waals surface area contributed by atoms with Crippen molar-refractivity contribution in [1.82, 2.24) is 15.1 Å². The van der Waals surface area contributed by atoms with E-state index in [4.69, 9.17) is 4.74 Å². The zero-order valence-electron chi connectivity index (χ0n) is 17.1. The van der Waals surface area contributed by atoms with Crippen molar-refractivity contribution in [2.45, 2.75) is 43.7 Å². The Morgan fingerprint density at radius 2 is 2.10 bits per heavy atom. The van der Waals surface area contributed by atoms with Crippen LogP contribution in [0.5, 0.6) is 0 Å². The first-order chi connectivity index (χ1) is 13.6. The van der Waals surface area contributed by atoms with Crippen LogP contribution in [0.15, 0.2) is 10.6 Å². The van der Waals surface area contributed by atoms with Gasteiger partial charge < -0.3 is 30.1 Å². The molecule has 0 aromatic carbocycles. The topological polar surface area (TPSA) is 119 Å². The molecule has 3 heterocycles. The van der Waals surface area contributed by atoms with E-state index < -0.39 is 18.0 Å². The number of aliphatic carboxylic acids is 1. The van der Waals surface area contributed by atoms with Crippen molar-refractivity contribution in [3.63, 3.8) is 0 Å². The number of hydrogen-bond acceptors (Lipinski definition) is 7. The summed E-state index contributed by atoms with van der Waals surface area (Å²) in [6.07, 6.45) is -0.0206. The van der Waals surface area contributed by atoms with E-state index >= 15 is 0 Å². The van der Waals surface area contributed by atoms with Crippen LogP contribution in [0.4, 0.5) is 0 Å². The van der Waals surface area contributed by atoms with E-state index in [-0.39, 0.29) is 47.4 Å². The van der Waals surface area contributed by atoms with Crippen LogP contribution in [0, 0.1) is 11.8 Å². The standard InChI is InChI=1S/C19H29N3O6S/c1-9-15-14(10(2)23)18(25)22(15)16(19(26)27)17(9)29-12-5-11(20-6-12)7-28-8-13(24)21(3)4/h9-12,14-15,20,23H,5-8H2,1-4H3,(H,26,27)/t9-,10-,11+,12+,14-,15-/m1/s1. The average molecular weight is 428 g/mol. The minimum atomic E-state index is -1.10. The SMILES string of the molecule is C[C@@H](O)[C@H]1C(=O)N2C(C(=O)O)=C(S[C@@H]3CN[C@H](COCC(=O)N(C)C)C3)[C@H](C)[C@H]12. The number of thioether (sulfide) groups is 1. The quantitative estimate of drug-likeness (QED) is 0.452. The highest BCUT2D eigenvalue weighted by Crippen LogP contribution is 2.51. The maximum absolute atomic E-state index is 12.4. The summed E-state index contributed by atoms with van der Waals surface area (Å²) in [5, 5.41) is 23.1. The van der Waals surface area contributed by atoms with E-state index in [2.05, 4.69) is 5.32 Å². The van der Waals surface area contributed by atoms with Gasteiger partial charge in [-0.05, 0) is 13.3 Å². The number of amides is 2. The summed E-state index contributed by atoms with van der Waals surface area (Å²) in [5.41, 5.74) is 0.0608. The van der Waals surface area contributed by atoms with Crippen LogP contribution in [0.25, 0.3) is 0 Å². The molecule has 162 valence electrons. The molecule has 0 spiro atoms. The minimum Gasteiger partial charge on any atom is -0.477 e. The van der Waals surface area contributed by atoms with Gasteiger partial charge >= 0.3 is 5.97 Å². The van der Waals surface area contributed by atoms with Crippen LogP contribution in [0.2, 0.25) is 0 Å². The highest BCUT2D eigenvalue weighted by Gasteiger charge is 2.60. The number of aliphatic hydroxyl groups is 1. The van der Waals surface area contributed by atoms with E-state index in [1.165, 1.54) is 21.6 Å². The number of carboxylic acid groups (broad SMARTS) is 1. The molecule has 3 aliphatic rings. The van der Waals surface area contributed by atoms with Gasteiger partial charge in [-0.2, -0.15) is 0 Å². The van der Waals surface area contributed by atoms with Crippen LogP contribution in [0.1, 0.15) is 20.3 Å². The molecule has 0 bridgehead atoms. The number of likely N-dealkylation sites (N-methyl/N-ethyl adjacent to an activating group) is 1.